The molecule has 0 heterocycles. The number of hydrogen-bond donors (Lipinski definition) is 1. The van der Waals surface area contributed by atoms with Crippen molar-refractivity contribution in [2.75, 3.05) is 18.6 Å². The number of amides is 2. The van der Waals surface area contributed by atoms with Crippen molar-refractivity contribution in [2.45, 2.75) is 39.7 Å². The molecular weight excluding hydrogens is 340 g/mol. The van der Waals surface area contributed by atoms with Gasteiger partial charge in [0, 0.05) is 19.2 Å². The molecule has 0 radical (unpaired) electrons. The van der Waals surface area contributed by atoms with Gasteiger partial charge in [-0.2, -0.15) is 0 Å². The predicted octanol–water partition coefficient (Wildman–Crippen LogP) is 3.66. The van der Waals surface area contributed by atoms with Crippen LogP contribution in [0.1, 0.15) is 38.8 Å². The topological polar surface area (TPSA) is 58.6 Å². The molecule has 0 saturated heterocycles. The number of carbonyl (C=O) groups is 2. The summed E-state index contributed by atoms with van der Waals surface area (Å²) in [6.07, 6.45) is 0. The van der Waals surface area contributed by atoms with Crippen molar-refractivity contribution in [3.8, 4) is 5.75 Å². The van der Waals surface area contributed by atoms with E-state index in [0.29, 0.717) is 6.54 Å². The minimum atomic E-state index is -0.204. The summed E-state index contributed by atoms with van der Waals surface area (Å²) in [6, 6.07) is 15.2. The maximum atomic E-state index is 12.5. The highest BCUT2D eigenvalue weighted by atomic mass is 16.5. The van der Waals surface area contributed by atoms with Gasteiger partial charge in [-0.1, -0.05) is 51.1 Å². The highest BCUT2D eigenvalue weighted by Crippen LogP contribution is 2.31. The van der Waals surface area contributed by atoms with Gasteiger partial charge in [0.25, 0.3) is 0 Å². The van der Waals surface area contributed by atoms with Crippen LogP contribution in [-0.4, -0.2) is 25.5 Å². The summed E-state index contributed by atoms with van der Waals surface area (Å²) >= 11 is 0. The number of methoxy groups -OCH3 is 1. The molecule has 0 aromatic heterocycles. The van der Waals surface area contributed by atoms with E-state index in [-0.39, 0.29) is 23.8 Å². The number of para-hydroxylation sites is 1. The number of benzene rings is 2. The lowest BCUT2D eigenvalue weighted by molar-refractivity contribution is -0.123. The molecule has 0 saturated carbocycles. The lowest BCUT2D eigenvalue weighted by Crippen LogP contribution is -2.40. The number of hydrogen-bond acceptors (Lipinski definition) is 3. The molecule has 5 nitrogen and oxygen atoms in total. The van der Waals surface area contributed by atoms with Crippen molar-refractivity contribution < 1.29 is 14.3 Å². The zero-order valence-electron chi connectivity index (χ0n) is 16.7. The first kappa shape index (κ1) is 20.5. The molecule has 0 aliphatic carbocycles. The first-order chi connectivity index (χ1) is 12.7. The second kappa shape index (κ2) is 8.71. The van der Waals surface area contributed by atoms with Gasteiger partial charge in [-0.15, -0.1) is 0 Å². The van der Waals surface area contributed by atoms with E-state index in [9.17, 15) is 9.59 Å². The molecule has 0 unspecified atom stereocenters. The molecule has 144 valence electrons. The first-order valence-corrected chi connectivity index (χ1v) is 8.99. The van der Waals surface area contributed by atoms with Crippen molar-refractivity contribution in [2.24, 2.45) is 0 Å². The third kappa shape index (κ3) is 5.58. The van der Waals surface area contributed by atoms with Crippen molar-refractivity contribution in [1.29, 1.82) is 0 Å². The van der Waals surface area contributed by atoms with Gasteiger partial charge in [-0.3, -0.25) is 9.59 Å². The molecule has 0 atom stereocenters. The number of anilines is 1. The number of carbonyl (C=O) groups excluding carboxylic acids is 2. The Labute approximate surface area is 161 Å². The fourth-order valence-electron chi connectivity index (χ4n) is 2.85. The zero-order chi connectivity index (χ0) is 20.0. The van der Waals surface area contributed by atoms with Crippen LogP contribution in [0.5, 0.6) is 5.75 Å². The second-order valence-electron chi connectivity index (χ2n) is 7.50. The zero-order valence-corrected chi connectivity index (χ0v) is 16.7. The van der Waals surface area contributed by atoms with Crippen LogP contribution in [0.2, 0.25) is 0 Å². The van der Waals surface area contributed by atoms with Crippen LogP contribution in [0.3, 0.4) is 0 Å². The second-order valence-corrected chi connectivity index (χ2v) is 7.50. The summed E-state index contributed by atoms with van der Waals surface area (Å²) < 4.78 is 5.13. The Balaban J connectivity index is 2.10. The number of ether oxygens (including phenoxy) is 1. The fourth-order valence-corrected chi connectivity index (χ4v) is 2.85. The SMILES string of the molecule is COc1ccc(CNC(=O)CN(C(C)=O)c2ccccc2C(C)(C)C)cc1. The molecule has 0 fully saturated rings. The Morgan fingerprint density at radius 1 is 1.04 bits per heavy atom. The molecular formula is C22H28N2O3. The van der Waals surface area contributed by atoms with Crippen LogP contribution in [0.4, 0.5) is 5.69 Å². The minimum absolute atomic E-state index is 0.0153. The Morgan fingerprint density at radius 3 is 2.22 bits per heavy atom. The predicted molar refractivity (Wildman–Crippen MR) is 108 cm³/mol. The summed E-state index contributed by atoms with van der Waals surface area (Å²) in [7, 11) is 1.61. The molecule has 2 amide bonds. The van der Waals surface area contributed by atoms with E-state index in [1.165, 1.54) is 11.8 Å². The summed E-state index contributed by atoms with van der Waals surface area (Å²) in [5.74, 6) is 0.405. The van der Waals surface area contributed by atoms with E-state index in [1.54, 1.807) is 7.11 Å². The van der Waals surface area contributed by atoms with E-state index >= 15 is 0 Å². The highest BCUT2D eigenvalue weighted by molar-refractivity contribution is 5.98. The molecule has 5 heteroatoms. The minimum Gasteiger partial charge on any atom is -0.497 e. The standard InChI is InChI=1S/C22H28N2O3/c1-16(25)24(20-9-7-6-8-19(20)22(2,3)4)15-21(26)23-14-17-10-12-18(27-5)13-11-17/h6-13H,14-15H2,1-5H3,(H,23,26). The quantitative estimate of drug-likeness (QED) is 0.846. The van der Waals surface area contributed by atoms with Crippen molar-refractivity contribution in [1.82, 2.24) is 5.32 Å². The molecule has 0 spiro atoms. The first-order valence-electron chi connectivity index (χ1n) is 8.99. The molecule has 2 aromatic rings. The third-order valence-corrected chi connectivity index (χ3v) is 4.33. The Morgan fingerprint density at radius 2 is 1.67 bits per heavy atom. The molecule has 0 aliphatic rings. The summed E-state index contributed by atoms with van der Waals surface area (Å²) in [4.78, 5) is 26.2. The van der Waals surface area contributed by atoms with E-state index in [1.807, 2.05) is 48.5 Å². The van der Waals surface area contributed by atoms with Crippen LogP contribution in [-0.2, 0) is 21.5 Å². The van der Waals surface area contributed by atoms with Gasteiger partial charge in [-0.05, 0) is 34.7 Å². The lowest BCUT2D eigenvalue weighted by Gasteiger charge is -2.29. The normalized spacial score (nSPS) is 11.0. The van der Waals surface area contributed by atoms with Crippen molar-refractivity contribution in [3.05, 3.63) is 59.7 Å². The van der Waals surface area contributed by atoms with Crippen LogP contribution in [0.25, 0.3) is 0 Å². The van der Waals surface area contributed by atoms with Gasteiger partial charge in [0.05, 0.1) is 7.11 Å². The lowest BCUT2D eigenvalue weighted by atomic mass is 9.85. The van der Waals surface area contributed by atoms with Crippen molar-refractivity contribution >= 4 is 17.5 Å². The van der Waals surface area contributed by atoms with Gasteiger partial charge < -0.3 is 15.0 Å². The number of nitrogens with zero attached hydrogens (tertiary/aromatic N) is 1. The molecule has 2 rings (SSSR count). The largest absolute Gasteiger partial charge is 0.497 e. The van der Waals surface area contributed by atoms with Crippen LogP contribution in [0, 0.1) is 0 Å². The third-order valence-electron chi connectivity index (χ3n) is 4.33. The Hall–Kier alpha value is -2.82. The average Bonchev–Trinajstić information content (AvgIpc) is 2.64. The Kier molecular flexibility index (Phi) is 6.61. The summed E-state index contributed by atoms with van der Waals surface area (Å²) in [5.41, 5.74) is 2.64. The van der Waals surface area contributed by atoms with Gasteiger partial charge in [0.1, 0.15) is 12.3 Å². The molecule has 2 aromatic carbocycles. The molecule has 27 heavy (non-hydrogen) atoms. The maximum absolute atomic E-state index is 12.5. The average molecular weight is 368 g/mol. The maximum Gasteiger partial charge on any atom is 0.240 e. The van der Waals surface area contributed by atoms with Crippen LogP contribution in [0.15, 0.2) is 48.5 Å². The highest BCUT2D eigenvalue weighted by Gasteiger charge is 2.24. The van der Waals surface area contributed by atoms with Gasteiger partial charge in [0.15, 0.2) is 0 Å². The molecule has 1 N–H and O–H groups in total. The molecule has 0 aliphatic heterocycles. The number of rotatable bonds is 6. The fraction of sp³-hybridized carbons (Fsp3) is 0.364. The summed E-state index contributed by atoms with van der Waals surface area (Å²) in [5, 5.41) is 2.88. The molecule has 0 bridgehead atoms. The van der Waals surface area contributed by atoms with Gasteiger partial charge in [0.2, 0.25) is 11.8 Å². The Bertz CT molecular complexity index is 792. The van der Waals surface area contributed by atoms with Crippen LogP contribution < -0.4 is 15.0 Å². The van der Waals surface area contributed by atoms with E-state index in [0.717, 1.165) is 22.6 Å². The van der Waals surface area contributed by atoms with E-state index in [2.05, 4.69) is 26.1 Å². The smallest absolute Gasteiger partial charge is 0.240 e. The van der Waals surface area contributed by atoms with Gasteiger partial charge in [-0.25, -0.2) is 0 Å². The number of nitrogens with one attached hydrogen (secondary N) is 1. The monoisotopic (exact) mass is 368 g/mol. The summed E-state index contributed by atoms with van der Waals surface area (Å²) in [6.45, 7) is 8.14. The van der Waals surface area contributed by atoms with Crippen molar-refractivity contribution in [3.63, 3.8) is 0 Å². The van der Waals surface area contributed by atoms with E-state index < -0.39 is 0 Å². The van der Waals surface area contributed by atoms with Crippen LogP contribution >= 0.6 is 0 Å². The van der Waals surface area contributed by atoms with E-state index in [4.69, 9.17) is 4.74 Å². The van der Waals surface area contributed by atoms with Gasteiger partial charge >= 0.3 is 0 Å².